The Labute approximate surface area is 124 Å². The Morgan fingerprint density at radius 2 is 1.81 bits per heavy atom. The van der Waals surface area contributed by atoms with Crippen molar-refractivity contribution in [3.63, 3.8) is 0 Å². The van der Waals surface area contributed by atoms with E-state index >= 15 is 0 Å². The molecular formula is C18H19F2N. The molecule has 1 aliphatic carbocycles. The molecule has 0 aliphatic heterocycles. The minimum atomic E-state index is -0.509. The van der Waals surface area contributed by atoms with Gasteiger partial charge in [0.1, 0.15) is 11.6 Å². The lowest BCUT2D eigenvalue weighted by atomic mass is 9.96. The van der Waals surface area contributed by atoms with Crippen LogP contribution in [0.2, 0.25) is 0 Å². The van der Waals surface area contributed by atoms with Gasteiger partial charge in [-0.1, -0.05) is 24.3 Å². The van der Waals surface area contributed by atoms with Crippen LogP contribution in [0.5, 0.6) is 0 Å². The summed E-state index contributed by atoms with van der Waals surface area (Å²) in [6, 6.07) is 9.22. The summed E-state index contributed by atoms with van der Waals surface area (Å²) in [7, 11) is 0. The van der Waals surface area contributed by atoms with Gasteiger partial charge in [0.15, 0.2) is 0 Å². The predicted octanol–water partition coefficient (Wildman–Crippen LogP) is 4.50. The van der Waals surface area contributed by atoms with Crippen molar-refractivity contribution in [3.05, 3.63) is 58.7 Å². The van der Waals surface area contributed by atoms with Gasteiger partial charge in [-0.3, -0.25) is 0 Å². The molecule has 0 unspecified atom stereocenters. The lowest BCUT2D eigenvalue weighted by molar-refractivity contribution is 0.583. The predicted molar refractivity (Wildman–Crippen MR) is 81.1 cm³/mol. The highest BCUT2D eigenvalue weighted by Crippen LogP contribution is 2.31. The van der Waals surface area contributed by atoms with Gasteiger partial charge < -0.3 is 5.32 Å². The minimum absolute atomic E-state index is 0.0780. The summed E-state index contributed by atoms with van der Waals surface area (Å²) >= 11 is 0. The maximum absolute atomic E-state index is 14.2. The Balaban J connectivity index is 1.93. The SMILES string of the molecule is Cc1cc(CNC2CC2)ccc1-c1c(F)ccc(C)c1F. The summed E-state index contributed by atoms with van der Waals surface area (Å²) in [6.45, 7) is 4.36. The summed E-state index contributed by atoms with van der Waals surface area (Å²) in [5.74, 6) is -0.980. The van der Waals surface area contributed by atoms with E-state index in [1.165, 1.54) is 25.0 Å². The largest absolute Gasteiger partial charge is 0.310 e. The van der Waals surface area contributed by atoms with E-state index in [1.54, 1.807) is 6.92 Å². The highest BCUT2D eigenvalue weighted by molar-refractivity contribution is 5.69. The smallest absolute Gasteiger partial charge is 0.136 e. The molecule has 0 bridgehead atoms. The van der Waals surface area contributed by atoms with Crippen LogP contribution < -0.4 is 5.32 Å². The topological polar surface area (TPSA) is 12.0 Å². The highest BCUT2D eigenvalue weighted by Gasteiger charge is 2.20. The first kappa shape index (κ1) is 14.2. The van der Waals surface area contributed by atoms with Gasteiger partial charge in [-0.2, -0.15) is 0 Å². The molecule has 0 aromatic heterocycles. The Hall–Kier alpha value is -1.74. The molecule has 0 atom stereocenters. The molecule has 1 N–H and O–H groups in total. The van der Waals surface area contributed by atoms with Crippen LogP contribution in [-0.4, -0.2) is 6.04 Å². The van der Waals surface area contributed by atoms with Crippen molar-refractivity contribution in [2.45, 2.75) is 39.3 Å². The molecule has 3 rings (SSSR count). The minimum Gasteiger partial charge on any atom is -0.310 e. The van der Waals surface area contributed by atoms with Gasteiger partial charge in [0.25, 0.3) is 0 Å². The lowest BCUT2D eigenvalue weighted by Gasteiger charge is -2.12. The van der Waals surface area contributed by atoms with Gasteiger partial charge in [0.05, 0.1) is 5.56 Å². The normalized spacial score (nSPS) is 14.5. The fourth-order valence-corrected chi connectivity index (χ4v) is 2.57. The molecular weight excluding hydrogens is 268 g/mol. The van der Waals surface area contributed by atoms with Gasteiger partial charge >= 0.3 is 0 Å². The Morgan fingerprint density at radius 1 is 1.05 bits per heavy atom. The molecule has 0 radical (unpaired) electrons. The lowest BCUT2D eigenvalue weighted by Crippen LogP contribution is -2.15. The van der Waals surface area contributed by atoms with E-state index in [4.69, 9.17) is 0 Å². The van der Waals surface area contributed by atoms with Crippen LogP contribution in [0.3, 0.4) is 0 Å². The zero-order chi connectivity index (χ0) is 15.0. The van der Waals surface area contributed by atoms with E-state index in [9.17, 15) is 8.78 Å². The van der Waals surface area contributed by atoms with E-state index < -0.39 is 11.6 Å². The third-order valence-electron chi connectivity index (χ3n) is 4.02. The summed E-state index contributed by atoms with van der Waals surface area (Å²) in [5.41, 5.74) is 3.22. The van der Waals surface area contributed by atoms with Gasteiger partial charge in [-0.25, -0.2) is 8.78 Å². The van der Waals surface area contributed by atoms with E-state index in [-0.39, 0.29) is 5.56 Å². The van der Waals surface area contributed by atoms with E-state index in [2.05, 4.69) is 5.32 Å². The van der Waals surface area contributed by atoms with Crippen LogP contribution in [0.4, 0.5) is 8.78 Å². The number of nitrogens with one attached hydrogen (secondary N) is 1. The molecule has 2 aromatic carbocycles. The van der Waals surface area contributed by atoms with Crippen LogP contribution >= 0.6 is 0 Å². The molecule has 3 heteroatoms. The number of hydrogen-bond donors (Lipinski definition) is 1. The quantitative estimate of drug-likeness (QED) is 0.873. The maximum atomic E-state index is 14.2. The Bertz CT molecular complexity index is 675. The number of halogens is 2. The molecule has 0 heterocycles. The fourth-order valence-electron chi connectivity index (χ4n) is 2.57. The molecule has 21 heavy (non-hydrogen) atoms. The van der Waals surface area contributed by atoms with Crippen molar-refractivity contribution in [3.8, 4) is 11.1 Å². The second-order valence-corrected chi connectivity index (χ2v) is 5.86. The van der Waals surface area contributed by atoms with Crippen molar-refractivity contribution < 1.29 is 8.78 Å². The van der Waals surface area contributed by atoms with E-state index in [1.807, 2.05) is 25.1 Å². The standard InChI is InChI=1S/C18H19F2N/c1-11-3-8-16(19)17(18(11)20)15-7-4-13(9-12(15)2)10-21-14-5-6-14/h3-4,7-9,14,21H,5-6,10H2,1-2H3. The van der Waals surface area contributed by atoms with Crippen LogP contribution in [0, 0.1) is 25.5 Å². The van der Waals surface area contributed by atoms with Crippen LogP contribution in [0.15, 0.2) is 30.3 Å². The third-order valence-corrected chi connectivity index (χ3v) is 4.02. The van der Waals surface area contributed by atoms with Crippen molar-refractivity contribution >= 4 is 0 Å². The zero-order valence-corrected chi connectivity index (χ0v) is 12.3. The Kier molecular flexibility index (Phi) is 3.77. The second kappa shape index (κ2) is 5.57. The second-order valence-electron chi connectivity index (χ2n) is 5.86. The summed E-state index contributed by atoms with van der Waals surface area (Å²) < 4.78 is 28.2. The zero-order valence-electron chi connectivity index (χ0n) is 12.3. The first-order valence-electron chi connectivity index (χ1n) is 7.34. The molecule has 0 spiro atoms. The average molecular weight is 287 g/mol. The monoisotopic (exact) mass is 287 g/mol. The van der Waals surface area contributed by atoms with Crippen molar-refractivity contribution in [1.29, 1.82) is 0 Å². The molecule has 1 aliphatic rings. The highest BCUT2D eigenvalue weighted by atomic mass is 19.1. The van der Waals surface area contributed by atoms with Gasteiger partial charge in [-0.15, -0.1) is 0 Å². The number of aryl methyl sites for hydroxylation is 2. The number of benzene rings is 2. The van der Waals surface area contributed by atoms with Gasteiger partial charge in [0, 0.05) is 12.6 Å². The van der Waals surface area contributed by atoms with E-state index in [0.717, 1.165) is 17.7 Å². The van der Waals surface area contributed by atoms with E-state index in [0.29, 0.717) is 17.2 Å². The molecule has 2 aromatic rings. The van der Waals surface area contributed by atoms with Crippen molar-refractivity contribution in [1.82, 2.24) is 5.32 Å². The number of hydrogen-bond acceptors (Lipinski definition) is 1. The molecule has 110 valence electrons. The average Bonchev–Trinajstić information content (AvgIpc) is 3.27. The number of rotatable bonds is 4. The first-order chi connectivity index (χ1) is 10.1. The summed E-state index contributed by atoms with van der Waals surface area (Å²) in [5, 5.41) is 3.44. The van der Waals surface area contributed by atoms with Gasteiger partial charge in [-0.05, 0) is 55.0 Å². The summed E-state index contributed by atoms with van der Waals surface area (Å²) in [6.07, 6.45) is 2.49. The molecule has 1 nitrogen and oxygen atoms in total. The fraction of sp³-hybridized carbons (Fsp3) is 0.333. The Morgan fingerprint density at radius 3 is 2.48 bits per heavy atom. The molecule has 1 fully saturated rings. The van der Waals surface area contributed by atoms with Crippen LogP contribution in [0.25, 0.3) is 11.1 Å². The van der Waals surface area contributed by atoms with Crippen molar-refractivity contribution in [2.75, 3.05) is 0 Å². The van der Waals surface area contributed by atoms with Gasteiger partial charge in [0.2, 0.25) is 0 Å². The van der Waals surface area contributed by atoms with Crippen molar-refractivity contribution in [2.24, 2.45) is 0 Å². The third kappa shape index (κ3) is 2.98. The summed E-state index contributed by atoms with van der Waals surface area (Å²) in [4.78, 5) is 0. The molecule has 1 saturated carbocycles. The maximum Gasteiger partial charge on any atom is 0.136 e. The first-order valence-corrected chi connectivity index (χ1v) is 7.34. The van der Waals surface area contributed by atoms with Crippen LogP contribution in [-0.2, 0) is 6.54 Å². The molecule has 0 amide bonds. The van der Waals surface area contributed by atoms with Crippen LogP contribution in [0.1, 0.15) is 29.5 Å². The molecule has 0 saturated heterocycles.